The van der Waals surface area contributed by atoms with E-state index in [1.165, 1.54) is 28.4 Å². The number of amides is 4. The molecular weight excluding hydrogens is 627 g/mol. The predicted molar refractivity (Wildman–Crippen MR) is 181 cm³/mol. The molecule has 2 aromatic carbocycles. The van der Waals surface area contributed by atoms with Crippen LogP contribution in [-0.2, 0) is 25.6 Å². The zero-order chi connectivity index (χ0) is 33.3. The van der Waals surface area contributed by atoms with E-state index in [1.807, 2.05) is 57.2 Å². The highest BCUT2D eigenvalue weighted by Crippen LogP contribution is 2.25. The first-order valence-electron chi connectivity index (χ1n) is 14.9. The number of ether oxygens (including phenoxy) is 1. The van der Waals surface area contributed by atoms with Crippen molar-refractivity contribution < 1.29 is 29.0 Å². The lowest BCUT2D eigenvalue weighted by Crippen LogP contribution is -2.59. The van der Waals surface area contributed by atoms with Gasteiger partial charge < -0.3 is 30.7 Å². The van der Waals surface area contributed by atoms with E-state index in [4.69, 9.17) is 4.74 Å². The molecule has 13 heteroatoms. The van der Waals surface area contributed by atoms with Gasteiger partial charge in [-0.05, 0) is 51.1 Å². The number of carbonyl (C=O) groups excluding carboxylic acids is 4. The molecule has 0 radical (unpaired) electrons. The summed E-state index contributed by atoms with van der Waals surface area (Å²) in [6.07, 6.45) is 3.67. The van der Waals surface area contributed by atoms with Gasteiger partial charge in [-0.1, -0.05) is 42.5 Å². The van der Waals surface area contributed by atoms with Gasteiger partial charge in [0, 0.05) is 40.2 Å². The molecule has 11 nitrogen and oxygen atoms in total. The van der Waals surface area contributed by atoms with Gasteiger partial charge in [-0.15, -0.1) is 11.8 Å². The number of aromatic nitrogens is 1. The van der Waals surface area contributed by atoms with Crippen LogP contribution < -0.4 is 20.7 Å². The molecule has 1 aliphatic heterocycles. The second-order valence-corrected chi connectivity index (χ2v) is 13.9. The number of thioether (sulfide) groups is 2. The summed E-state index contributed by atoms with van der Waals surface area (Å²) in [4.78, 5) is 58.7. The number of hydrogen-bond donors (Lipinski definition) is 4. The minimum atomic E-state index is -1.64. The van der Waals surface area contributed by atoms with E-state index < -0.39 is 47.5 Å². The number of rotatable bonds is 13. The van der Waals surface area contributed by atoms with E-state index in [2.05, 4.69) is 20.9 Å². The fourth-order valence-electron chi connectivity index (χ4n) is 5.01. The number of fused-ring (bicyclic) bond motifs is 1. The molecular formula is C33H41N5O6S2. The maximum atomic E-state index is 13.7. The van der Waals surface area contributed by atoms with E-state index in [1.54, 1.807) is 36.8 Å². The molecule has 1 aromatic heterocycles. The minimum absolute atomic E-state index is 0.151. The lowest BCUT2D eigenvalue weighted by Gasteiger charge is -2.32. The largest absolute Gasteiger partial charge is 0.483 e. The van der Waals surface area contributed by atoms with E-state index in [0.717, 1.165) is 16.3 Å². The summed E-state index contributed by atoms with van der Waals surface area (Å²) in [6.45, 7) is 5.25. The molecule has 1 fully saturated rings. The second kappa shape index (κ2) is 16.1. The molecule has 4 N–H and O–H groups in total. The van der Waals surface area contributed by atoms with Gasteiger partial charge in [0.15, 0.2) is 12.7 Å². The lowest BCUT2D eigenvalue weighted by molar-refractivity contribution is -0.147. The van der Waals surface area contributed by atoms with Gasteiger partial charge in [0.05, 0.1) is 11.9 Å². The molecule has 4 amide bonds. The highest BCUT2D eigenvalue weighted by Gasteiger charge is 2.41. The lowest BCUT2D eigenvalue weighted by atomic mass is 9.99. The molecule has 4 atom stereocenters. The standard InChI is InChI=1S/C33H41N5O6S2/c1-33(2,3)37-31(42)26-19-46-20-38(26)32(43)29(40)24(15-21-9-6-5-7-10-21)36-30(41)25(18-45-4)35-28(39)17-44-27-12-8-11-22-16-34-14-13-23(22)27/h5-14,16,24-26,29,40H,15,17-20H2,1-4H3,(H,35,39)(H,36,41)(H,37,42)/t24-,25+,26+,29-/m1/s1. The van der Waals surface area contributed by atoms with Crippen LogP contribution in [0.3, 0.4) is 0 Å². The van der Waals surface area contributed by atoms with Crippen LogP contribution in [0.25, 0.3) is 10.8 Å². The molecule has 3 aromatic rings. The topological polar surface area (TPSA) is 150 Å². The monoisotopic (exact) mass is 667 g/mol. The van der Waals surface area contributed by atoms with Gasteiger partial charge in [-0.25, -0.2) is 0 Å². The van der Waals surface area contributed by atoms with Crippen LogP contribution in [-0.4, -0.2) is 98.6 Å². The molecule has 1 saturated heterocycles. The molecule has 246 valence electrons. The Balaban J connectivity index is 1.46. The maximum Gasteiger partial charge on any atom is 0.258 e. The number of benzene rings is 2. The van der Waals surface area contributed by atoms with Crippen LogP contribution in [0, 0.1) is 0 Å². The molecule has 0 bridgehead atoms. The summed E-state index contributed by atoms with van der Waals surface area (Å²) >= 11 is 2.78. The summed E-state index contributed by atoms with van der Waals surface area (Å²) < 4.78 is 5.78. The fourth-order valence-corrected chi connectivity index (χ4v) is 6.74. The number of hydrogen-bond acceptors (Lipinski definition) is 9. The molecule has 2 heterocycles. The number of aliphatic hydroxyl groups excluding tert-OH is 1. The summed E-state index contributed by atoms with van der Waals surface area (Å²) in [7, 11) is 0. The Hall–Kier alpha value is -3.81. The number of carbonyl (C=O) groups is 4. The molecule has 46 heavy (non-hydrogen) atoms. The van der Waals surface area contributed by atoms with E-state index >= 15 is 0 Å². The van der Waals surface area contributed by atoms with E-state index in [0.29, 0.717) is 11.5 Å². The number of aliphatic hydroxyl groups is 1. The summed E-state index contributed by atoms with van der Waals surface area (Å²) in [5.41, 5.74) is 0.303. The Morgan fingerprint density at radius 3 is 2.57 bits per heavy atom. The van der Waals surface area contributed by atoms with Crippen LogP contribution in [0.4, 0.5) is 0 Å². The molecule has 0 spiro atoms. The van der Waals surface area contributed by atoms with Crippen molar-refractivity contribution in [3.05, 3.63) is 72.6 Å². The van der Waals surface area contributed by atoms with Crippen LogP contribution >= 0.6 is 23.5 Å². The smallest absolute Gasteiger partial charge is 0.258 e. The quantitative estimate of drug-likeness (QED) is 0.216. The highest BCUT2D eigenvalue weighted by atomic mass is 32.2. The van der Waals surface area contributed by atoms with Crippen molar-refractivity contribution in [3.8, 4) is 5.75 Å². The summed E-state index contributed by atoms with van der Waals surface area (Å²) in [6, 6.07) is 13.7. The van der Waals surface area contributed by atoms with Crippen molar-refractivity contribution in [2.75, 3.05) is 30.2 Å². The first-order valence-corrected chi connectivity index (χ1v) is 17.5. The Morgan fingerprint density at radius 2 is 1.85 bits per heavy atom. The molecule has 1 aliphatic rings. The van der Waals surface area contributed by atoms with Gasteiger partial charge >= 0.3 is 0 Å². The minimum Gasteiger partial charge on any atom is -0.483 e. The van der Waals surface area contributed by atoms with Crippen LogP contribution in [0.15, 0.2) is 67.0 Å². The highest BCUT2D eigenvalue weighted by molar-refractivity contribution is 7.99. The van der Waals surface area contributed by atoms with E-state index in [-0.39, 0.29) is 30.6 Å². The van der Waals surface area contributed by atoms with E-state index in [9.17, 15) is 24.3 Å². The third-order valence-electron chi connectivity index (χ3n) is 7.21. The Morgan fingerprint density at radius 1 is 1.09 bits per heavy atom. The number of nitrogens with one attached hydrogen (secondary N) is 3. The van der Waals surface area contributed by atoms with Crippen molar-refractivity contribution in [1.29, 1.82) is 0 Å². The molecule has 0 aliphatic carbocycles. The first-order chi connectivity index (χ1) is 22.0. The average Bonchev–Trinajstić information content (AvgIpc) is 3.53. The molecule has 0 saturated carbocycles. The average molecular weight is 668 g/mol. The Labute approximate surface area is 277 Å². The van der Waals surface area contributed by atoms with Crippen molar-refractivity contribution in [2.45, 2.75) is 57.0 Å². The first kappa shape index (κ1) is 35.1. The van der Waals surface area contributed by atoms with Gasteiger partial charge in [0.25, 0.3) is 11.8 Å². The third-order valence-corrected chi connectivity index (χ3v) is 8.89. The normalized spacial score (nSPS) is 16.7. The van der Waals surface area contributed by atoms with Gasteiger partial charge in [-0.3, -0.25) is 24.2 Å². The maximum absolute atomic E-state index is 13.7. The van der Waals surface area contributed by atoms with Crippen molar-refractivity contribution in [2.24, 2.45) is 0 Å². The van der Waals surface area contributed by atoms with Crippen LogP contribution in [0.5, 0.6) is 5.75 Å². The summed E-state index contributed by atoms with van der Waals surface area (Å²) in [5, 5.41) is 21.5. The van der Waals surface area contributed by atoms with Crippen LogP contribution in [0.1, 0.15) is 26.3 Å². The molecule has 0 unspecified atom stereocenters. The zero-order valence-electron chi connectivity index (χ0n) is 26.4. The second-order valence-electron chi connectivity index (χ2n) is 12.0. The zero-order valence-corrected chi connectivity index (χ0v) is 28.0. The predicted octanol–water partition coefficient (Wildman–Crippen LogP) is 2.37. The fraction of sp³-hybridized carbons (Fsp3) is 0.424. The Bertz CT molecular complexity index is 1510. The van der Waals surface area contributed by atoms with Gasteiger partial charge in [-0.2, -0.15) is 11.8 Å². The molecule has 4 rings (SSSR count). The van der Waals surface area contributed by atoms with Crippen LogP contribution in [0.2, 0.25) is 0 Å². The summed E-state index contributed by atoms with van der Waals surface area (Å²) in [5.74, 6) is -0.602. The van der Waals surface area contributed by atoms with Gasteiger partial charge in [0.2, 0.25) is 11.8 Å². The third kappa shape index (κ3) is 9.60. The van der Waals surface area contributed by atoms with Gasteiger partial charge in [0.1, 0.15) is 17.8 Å². The number of pyridine rings is 1. The van der Waals surface area contributed by atoms with Crippen molar-refractivity contribution >= 4 is 57.9 Å². The van der Waals surface area contributed by atoms with Crippen molar-refractivity contribution in [3.63, 3.8) is 0 Å². The number of nitrogens with zero attached hydrogens (tertiary/aromatic N) is 2. The SMILES string of the molecule is CSC[C@H](NC(=O)COc1cccc2cnccc12)C(=O)N[C@H](Cc1ccccc1)[C@@H](O)C(=O)N1CSC[C@H]1C(=O)NC(C)(C)C. The Kier molecular flexibility index (Phi) is 12.3. The van der Waals surface area contributed by atoms with Crippen molar-refractivity contribution in [1.82, 2.24) is 25.8 Å².